The summed E-state index contributed by atoms with van der Waals surface area (Å²) in [5, 5.41) is 12.1. The molecule has 0 atom stereocenters. The first-order valence-corrected chi connectivity index (χ1v) is 7.53. The van der Waals surface area contributed by atoms with Gasteiger partial charge in [0.25, 0.3) is 0 Å². The molecule has 6 nitrogen and oxygen atoms in total. The number of nitrogens with zero attached hydrogens (tertiary/aromatic N) is 1. The molecular formula is C12H21N3O3S. The summed E-state index contributed by atoms with van der Waals surface area (Å²) in [7, 11) is -2.08. The molecule has 0 aliphatic carbocycles. The molecular weight excluding hydrogens is 266 g/mol. The van der Waals surface area contributed by atoms with Crippen LogP contribution in [-0.2, 0) is 10.0 Å². The normalized spacial score (nSPS) is 12.4. The first-order valence-electron chi connectivity index (χ1n) is 6.05. The lowest BCUT2D eigenvalue weighted by Crippen LogP contribution is -2.24. The Hall–Kier alpha value is -1.18. The zero-order chi connectivity index (χ0) is 14.5. The van der Waals surface area contributed by atoms with Crippen molar-refractivity contribution in [3.05, 3.63) is 18.3 Å². The molecule has 3 N–H and O–H groups in total. The summed E-state index contributed by atoms with van der Waals surface area (Å²) in [6.07, 6.45) is 2.00. The average Bonchev–Trinajstić information content (AvgIpc) is 2.37. The maximum Gasteiger partial charge on any atom is 0.241 e. The van der Waals surface area contributed by atoms with Gasteiger partial charge < -0.3 is 10.4 Å². The minimum absolute atomic E-state index is 0.0495. The van der Waals surface area contributed by atoms with Crippen molar-refractivity contribution in [3.8, 4) is 0 Å². The molecule has 1 aromatic heterocycles. The van der Waals surface area contributed by atoms with Crippen molar-refractivity contribution in [2.24, 2.45) is 5.41 Å². The standard InChI is InChI=1S/C12H21N3O3S/c1-12(2,6-7-16)9-15-11-5-4-10(8-14-11)19(17,18)13-3/h4-5,8,13,16H,6-7,9H2,1-3H3,(H,14,15). The molecule has 0 unspecified atom stereocenters. The van der Waals surface area contributed by atoms with Crippen LogP contribution in [0, 0.1) is 5.41 Å². The second-order valence-electron chi connectivity index (χ2n) is 5.08. The van der Waals surface area contributed by atoms with Crippen LogP contribution < -0.4 is 10.0 Å². The van der Waals surface area contributed by atoms with E-state index in [2.05, 4.69) is 15.0 Å². The van der Waals surface area contributed by atoms with Crippen molar-refractivity contribution in [2.75, 3.05) is 25.5 Å². The molecule has 1 heterocycles. The molecule has 0 saturated carbocycles. The monoisotopic (exact) mass is 287 g/mol. The third-order valence-electron chi connectivity index (χ3n) is 2.85. The van der Waals surface area contributed by atoms with E-state index >= 15 is 0 Å². The fourth-order valence-electron chi connectivity index (χ4n) is 1.48. The highest BCUT2D eigenvalue weighted by atomic mass is 32.2. The Balaban J connectivity index is 2.68. The van der Waals surface area contributed by atoms with Gasteiger partial charge in [0.15, 0.2) is 0 Å². The van der Waals surface area contributed by atoms with Crippen LogP contribution in [0.5, 0.6) is 0 Å². The summed E-state index contributed by atoms with van der Waals surface area (Å²) >= 11 is 0. The summed E-state index contributed by atoms with van der Waals surface area (Å²) in [5.41, 5.74) is -0.0495. The SMILES string of the molecule is CNS(=O)(=O)c1ccc(NCC(C)(C)CCO)nc1. The fraction of sp³-hybridized carbons (Fsp3) is 0.583. The number of anilines is 1. The van der Waals surface area contributed by atoms with E-state index in [4.69, 9.17) is 5.11 Å². The number of pyridine rings is 1. The molecule has 0 radical (unpaired) electrons. The zero-order valence-electron chi connectivity index (χ0n) is 11.5. The van der Waals surface area contributed by atoms with E-state index < -0.39 is 10.0 Å². The van der Waals surface area contributed by atoms with Gasteiger partial charge in [0.05, 0.1) is 0 Å². The highest BCUT2D eigenvalue weighted by Crippen LogP contribution is 2.20. The second kappa shape index (κ2) is 6.31. The highest BCUT2D eigenvalue weighted by Gasteiger charge is 2.17. The van der Waals surface area contributed by atoms with Gasteiger partial charge in [0.1, 0.15) is 10.7 Å². The van der Waals surface area contributed by atoms with Gasteiger partial charge in [-0.05, 0) is 31.0 Å². The smallest absolute Gasteiger partial charge is 0.241 e. The Kier molecular flexibility index (Phi) is 5.28. The molecule has 0 aliphatic rings. The summed E-state index contributed by atoms with van der Waals surface area (Å²) in [6.45, 7) is 4.87. The topological polar surface area (TPSA) is 91.3 Å². The molecule has 108 valence electrons. The second-order valence-corrected chi connectivity index (χ2v) is 6.96. The summed E-state index contributed by atoms with van der Waals surface area (Å²) in [4.78, 5) is 4.20. The molecule has 0 aromatic carbocycles. The van der Waals surface area contributed by atoms with E-state index in [1.807, 2.05) is 13.8 Å². The first-order chi connectivity index (χ1) is 8.80. The number of nitrogens with one attached hydrogen (secondary N) is 2. The molecule has 1 aromatic rings. The number of hydrogen-bond acceptors (Lipinski definition) is 5. The number of aromatic nitrogens is 1. The Morgan fingerprint density at radius 2 is 2.05 bits per heavy atom. The number of hydrogen-bond donors (Lipinski definition) is 3. The third kappa shape index (κ3) is 4.77. The van der Waals surface area contributed by atoms with Crippen LogP contribution >= 0.6 is 0 Å². The van der Waals surface area contributed by atoms with Crippen molar-refractivity contribution in [3.63, 3.8) is 0 Å². The molecule has 0 fully saturated rings. The van der Waals surface area contributed by atoms with Crippen LogP contribution in [0.2, 0.25) is 0 Å². The van der Waals surface area contributed by atoms with Crippen LogP contribution in [-0.4, -0.2) is 38.7 Å². The van der Waals surface area contributed by atoms with E-state index in [0.29, 0.717) is 18.8 Å². The van der Waals surface area contributed by atoms with Gasteiger partial charge in [0.2, 0.25) is 10.0 Å². The number of aliphatic hydroxyl groups excluding tert-OH is 1. The predicted octanol–water partition coefficient (Wildman–Crippen LogP) is 0.810. The molecule has 0 spiro atoms. The van der Waals surface area contributed by atoms with E-state index in [1.165, 1.54) is 19.3 Å². The van der Waals surface area contributed by atoms with Gasteiger partial charge in [-0.2, -0.15) is 0 Å². The van der Waals surface area contributed by atoms with Gasteiger partial charge in [-0.1, -0.05) is 13.8 Å². The Bertz CT molecular complexity index is 497. The van der Waals surface area contributed by atoms with Gasteiger partial charge >= 0.3 is 0 Å². The quantitative estimate of drug-likeness (QED) is 0.690. The molecule has 0 amide bonds. The van der Waals surface area contributed by atoms with Gasteiger partial charge in [-0.3, -0.25) is 0 Å². The molecule has 19 heavy (non-hydrogen) atoms. The van der Waals surface area contributed by atoms with E-state index in [1.54, 1.807) is 6.07 Å². The maximum atomic E-state index is 11.5. The molecule has 1 rings (SSSR count). The maximum absolute atomic E-state index is 11.5. The lowest BCUT2D eigenvalue weighted by atomic mass is 9.90. The van der Waals surface area contributed by atoms with Crippen LogP contribution in [0.4, 0.5) is 5.82 Å². The fourth-order valence-corrected chi connectivity index (χ4v) is 2.16. The molecule has 0 aliphatic heterocycles. The van der Waals surface area contributed by atoms with E-state index in [0.717, 1.165) is 0 Å². The van der Waals surface area contributed by atoms with Gasteiger partial charge in [-0.25, -0.2) is 18.1 Å². The largest absolute Gasteiger partial charge is 0.396 e. The van der Waals surface area contributed by atoms with Crippen LogP contribution in [0.25, 0.3) is 0 Å². The molecule has 0 saturated heterocycles. The Morgan fingerprint density at radius 1 is 1.37 bits per heavy atom. The van der Waals surface area contributed by atoms with E-state index in [-0.39, 0.29) is 16.9 Å². The van der Waals surface area contributed by atoms with Gasteiger partial charge in [0, 0.05) is 19.3 Å². The number of sulfonamides is 1. The van der Waals surface area contributed by atoms with Crippen LogP contribution in [0.15, 0.2) is 23.2 Å². The number of aliphatic hydroxyl groups is 1. The highest BCUT2D eigenvalue weighted by molar-refractivity contribution is 7.89. The summed E-state index contributed by atoms with van der Waals surface area (Å²) in [5.74, 6) is 0.612. The van der Waals surface area contributed by atoms with Crippen molar-refractivity contribution in [1.29, 1.82) is 0 Å². The third-order valence-corrected chi connectivity index (χ3v) is 4.25. The van der Waals surface area contributed by atoms with Crippen molar-refractivity contribution >= 4 is 15.8 Å². The Morgan fingerprint density at radius 3 is 2.53 bits per heavy atom. The minimum Gasteiger partial charge on any atom is -0.396 e. The van der Waals surface area contributed by atoms with Crippen LogP contribution in [0.1, 0.15) is 20.3 Å². The average molecular weight is 287 g/mol. The van der Waals surface area contributed by atoms with Gasteiger partial charge in [-0.15, -0.1) is 0 Å². The predicted molar refractivity (Wildman–Crippen MR) is 74.5 cm³/mol. The van der Waals surface area contributed by atoms with Crippen molar-refractivity contribution < 1.29 is 13.5 Å². The summed E-state index contributed by atoms with van der Waals surface area (Å²) in [6, 6.07) is 3.12. The lowest BCUT2D eigenvalue weighted by Gasteiger charge is -2.24. The van der Waals surface area contributed by atoms with Crippen LogP contribution in [0.3, 0.4) is 0 Å². The zero-order valence-corrected chi connectivity index (χ0v) is 12.3. The Labute approximate surface area is 114 Å². The minimum atomic E-state index is -3.44. The first kappa shape index (κ1) is 15.9. The van der Waals surface area contributed by atoms with Crippen molar-refractivity contribution in [2.45, 2.75) is 25.2 Å². The lowest BCUT2D eigenvalue weighted by molar-refractivity contribution is 0.220. The van der Waals surface area contributed by atoms with E-state index in [9.17, 15) is 8.42 Å². The molecule has 7 heteroatoms. The van der Waals surface area contributed by atoms with Crippen molar-refractivity contribution in [1.82, 2.24) is 9.71 Å². The molecule has 0 bridgehead atoms. The summed E-state index contributed by atoms with van der Waals surface area (Å²) < 4.78 is 25.3. The number of rotatable bonds is 7.